The number of hydrogen-bond donors (Lipinski definition) is 2. The third-order valence-corrected chi connectivity index (χ3v) is 2.99. The lowest BCUT2D eigenvalue weighted by Crippen LogP contribution is -2.08. The van der Waals surface area contributed by atoms with Gasteiger partial charge in [-0.15, -0.1) is 0 Å². The molecule has 0 aliphatic heterocycles. The molecule has 0 saturated carbocycles. The average molecular weight is 271 g/mol. The second-order valence-electron chi connectivity index (χ2n) is 4.59. The Labute approximate surface area is 113 Å². The third-order valence-electron chi connectivity index (χ3n) is 2.99. The van der Waals surface area contributed by atoms with E-state index in [-0.39, 0.29) is 11.6 Å². The molecule has 0 amide bonds. The number of hydrogen-bond acceptors (Lipinski definition) is 3. The molecule has 0 spiro atoms. The largest absolute Gasteiger partial charge is 0.371 e. The Kier molecular flexibility index (Phi) is 7.15. The zero-order valence-corrected chi connectivity index (χ0v) is 11.7. The van der Waals surface area contributed by atoms with Gasteiger partial charge in [0.05, 0.1) is 0 Å². The summed E-state index contributed by atoms with van der Waals surface area (Å²) in [5.74, 6) is -1.15. The molecule has 0 radical (unpaired) electrons. The summed E-state index contributed by atoms with van der Waals surface area (Å²) < 4.78 is 26.6. The Morgan fingerprint density at radius 3 is 2.32 bits per heavy atom. The maximum absolute atomic E-state index is 13.4. The van der Waals surface area contributed by atoms with E-state index < -0.39 is 11.6 Å². The van der Waals surface area contributed by atoms with Crippen molar-refractivity contribution in [1.29, 1.82) is 0 Å². The van der Waals surface area contributed by atoms with Gasteiger partial charge in [-0.25, -0.2) is 13.8 Å². The highest BCUT2D eigenvalue weighted by atomic mass is 19.1. The number of halogens is 2. The second kappa shape index (κ2) is 8.67. The van der Waals surface area contributed by atoms with Crippen LogP contribution in [0.5, 0.6) is 0 Å². The molecule has 0 bridgehead atoms. The Balaban J connectivity index is 2.33. The van der Waals surface area contributed by atoms with E-state index in [4.69, 9.17) is 0 Å². The van der Waals surface area contributed by atoms with Crippen LogP contribution in [0, 0.1) is 11.6 Å². The SMILES string of the molecule is CCCCCCCCNc1nc(NC)c(F)cc1F. The van der Waals surface area contributed by atoms with Crippen LogP contribution in [0.15, 0.2) is 6.07 Å². The van der Waals surface area contributed by atoms with E-state index in [2.05, 4.69) is 22.5 Å². The van der Waals surface area contributed by atoms with Crippen LogP contribution in [0.2, 0.25) is 0 Å². The molecule has 0 aromatic carbocycles. The molecule has 0 atom stereocenters. The number of nitrogens with one attached hydrogen (secondary N) is 2. The summed E-state index contributed by atoms with van der Waals surface area (Å²) in [5.41, 5.74) is 0. The van der Waals surface area contributed by atoms with Crippen LogP contribution in [-0.4, -0.2) is 18.6 Å². The Bertz CT molecular complexity index is 383. The van der Waals surface area contributed by atoms with E-state index in [1.54, 1.807) is 7.05 Å². The maximum Gasteiger partial charge on any atom is 0.168 e. The van der Waals surface area contributed by atoms with Crippen LogP contribution in [0.1, 0.15) is 45.4 Å². The second-order valence-corrected chi connectivity index (χ2v) is 4.59. The molecule has 1 heterocycles. The van der Waals surface area contributed by atoms with Gasteiger partial charge in [0, 0.05) is 19.7 Å². The van der Waals surface area contributed by atoms with E-state index in [9.17, 15) is 8.78 Å². The predicted octanol–water partition coefficient (Wildman–Crippen LogP) is 4.17. The van der Waals surface area contributed by atoms with E-state index >= 15 is 0 Å². The average Bonchev–Trinajstić information content (AvgIpc) is 2.40. The molecule has 0 saturated heterocycles. The first-order chi connectivity index (χ1) is 9.19. The lowest BCUT2D eigenvalue weighted by atomic mass is 10.1. The van der Waals surface area contributed by atoms with E-state index in [0.29, 0.717) is 6.54 Å². The molecule has 0 fully saturated rings. The number of anilines is 2. The summed E-state index contributed by atoms with van der Waals surface area (Å²) in [6.45, 7) is 2.84. The molecule has 1 aromatic heterocycles. The van der Waals surface area contributed by atoms with E-state index in [1.165, 1.54) is 25.7 Å². The Morgan fingerprint density at radius 2 is 1.63 bits per heavy atom. The summed E-state index contributed by atoms with van der Waals surface area (Å²) in [6, 6.07) is 0.850. The molecule has 2 N–H and O–H groups in total. The van der Waals surface area contributed by atoms with Crippen molar-refractivity contribution in [3.8, 4) is 0 Å². The highest BCUT2D eigenvalue weighted by molar-refractivity contribution is 5.47. The third kappa shape index (κ3) is 5.41. The number of nitrogens with zero attached hydrogens (tertiary/aromatic N) is 1. The summed E-state index contributed by atoms with van der Waals surface area (Å²) >= 11 is 0. The molecular formula is C14H23F2N3. The molecule has 0 unspecified atom stereocenters. The smallest absolute Gasteiger partial charge is 0.168 e. The van der Waals surface area contributed by atoms with Crippen molar-refractivity contribution in [1.82, 2.24) is 4.98 Å². The zero-order chi connectivity index (χ0) is 14.1. The topological polar surface area (TPSA) is 37.0 Å². The number of aromatic nitrogens is 1. The Morgan fingerprint density at radius 1 is 1.00 bits per heavy atom. The molecule has 1 aromatic rings. The van der Waals surface area contributed by atoms with Gasteiger partial charge in [0.1, 0.15) is 0 Å². The number of pyridine rings is 1. The van der Waals surface area contributed by atoms with Crippen molar-refractivity contribution >= 4 is 11.6 Å². The zero-order valence-electron chi connectivity index (χ0n) is 11.7. The molecule has 19 heavy (non-hydrogen) atoms. The van der Waals surface area contributed by atoms with Crippen molar-refractivity contribution < 1.29 is 8.78 Å². The maximum atomic E-state index is 13.4. The first kappa shape index (κ1) is 15.7. The van der Waals surface area contributed by atoms with Crippen LogP contribution in [0.25, 0.3) is 0 Å². The van der Waals surface area contributed by atoms with Crippen LogP contribution >= 0.6 is 0 Å². The lowest BCUT2D eigenvalue weighted by Gasteiger charge is -2.09. The molecule has 1 rings (SSSR count). The van der Waals surface area contributed by atoms with Gasteiger partial charge in [0.15, 0.2) is 23.3 Å². The summed E-state index contributed by atoms with van der Waals surface area (Å²) in [6.07, 6.45) is 7.05. The normalized spacial score (nSPS) is 10.5. The highest BCUT2D eigenvalue weighted by Crippen LogP contribution is 2.18. The van der Waals surface area contributed by atoms with Gasteiger partial charge >= 0.3 is 0 Å². The van der Waals surface area contributed by atoms with Gasteiger partial charge < -0.3 is 10.6 Å². The van der Waals surface area contributed by atoms with E-state index in [1.807, 2.05) is 0 Å². The molecule has 3 nitrogen and oxygen atoms in total. The fraction of sp³-hybridized carbons (Fsp3) is 0.643. The lowest BCUT2D eigenvalue weighted by molar-refractivity contribution is 0.577. The van der Waals surface area contributed by atoms with Gasteiger partial charge in [-0.05, 0) is 6.42 Å². The predicted molar refractivity (Wildman–Crippen MR) is 75.6 cm³/mol. The minimum absolute atomic E-state index is 0.0619. The van der Waals surface area contributed by atoms with Gasteiger partial charge in [-0.3, -0.25) is 0 Å². The fourth-order valence-corrected chi connectivity index (χ4v) is 1.88. The first-order valence-corrected chi connectivity index (χ1v) is 6.96. The standard InChI is InChI=1S/C14H23F2N3/c1-3-4-5-6-7-8-9-18-14-12(16)10-11(15)13(17-2)19-14/h10H,3-9H2,1-2H3,(H2,17,18,19). The fourth-order valence-electron chi connectivity index (χ4n) is 1.88. The molecule has 0 aliphatic carbocycles. The van der Waals surface area contributed by atoms with Crippen molar-refractivity contribution in [2.45, 2.75) is 45.4 Å². The van der Waals surface area contributed by atoms with Gasteiger partial charge in [0.25, 0.3) is 0 Å². The summed E-state index contributed by atoms with van der Waals surface area (Å²) in [7, 11) is 1.56. The number of rotatable bonds is 9. The monoisotopic (exact) mass is 271 g/mol. The minimum Gasteiger partial charge on any atom is -0.371 e. The Hall–Kier alpha value is -1.39. The van der Waals surface area contributed by atoms with Crippen molar-refractivity contribution in [2.75, 3.05) is 24.2 Å². The quantitative estimate of drug-likeness (QED) is 0.662. The van der Waals surface area contributed by atoms with Gasteiger partial charge in [0.2, 0.25) is 0 Å². The van der Waals surface area contributed by atoms with Crippen LogP contribution in [0.3, 0.4) is 0 Å². The summed E-state index contributed by atoms with van der Waals surface area (Å²) in [4.78, 5) is 3.87. The molecule has 0 aliphatic rings. The summed E-state index contributed by atoms with van der Waals surface area (Å²) in [5, 5.41) is 5.51. The number of unbranched alkanes of at least 4 members (excludes halogenated alkanes) is 5. The minimum atomic E-state index is -0.676. The van der Waals surface area contributed by atoms with Crippen molar-refractivity contribution in [3.05, 3.63) is 17.7 Å². The molecule has 108 valence electrons. The molecular weight excluding hydrogens is 248 g/mol. The van der Waals surface area contributed by atoms with Crippen LogP contribution in [-0.2, 0) is 0 Å². The highest BCUT2D eigenvalue weighted by Gasteiger charge is 2.10. The van der Waals surface area contributed by atoms with Gasteiger partial charge in [-0.2, -0.15) is 0 Å². The first-order valence-electron chi connectivity index (χ1n) is 6.96. The van der Waals surface area contributed by atoms with Gasteiger partial charge in [-0.1, -0.05) is 39.0 Å². The van der Waals surface area contributed by atoms with Crippen LogP contribution in [0.4, 0.5) is 20.4 Å². The van der Waals surface area contributed by atoms with Crippen LogP contribution < -0.4 is 10.6 Å². The van der Waals surface area contributed by atoms with E-state index in [0.717, 1.165) is 18.9 Å². The van der Waals surface area contributed by atoms with Crippen molar-refractivity contribution in [2.24, 2.45) is 0 Å². The van der Waals surface area contributed by atoms with Crippen molar-refractivity contribution in [3.63, 3.8) is 0 Å². The molecule has 5 heteroatoms.